The Bertz CT molecular complexity index is 1240. The Morgan fingerprint density at radius 3 is 2.85 bits per heavy atom. The van der Waals surface area contributed by atoms with Crippen LogP contribution in [0.1, 0.15) is 50.0 Å². The van der Waals surface area contributed by atoms with Gasteiger partial charge in [0.05, 0.1) is 31.2 Å². The first kappa shape index (κ1) is 21.4. The average Bonchev–Trinajstić information content (AvgIpc) is 3.45. The molecule has 1 aliphatic heterocycles. The van der Waals surface area contributed by atoms with Gasteiger partial charge in [-0.25, -0.2) is 9.97 Å². The first-order valence-corrected chi connectivity index (χ1v) is 11.5. The van der Waals surface area contributed by atoms with Gasteiger partial charge in [-0.1, -0.05) is 6.07 Å². The van der Waals surface area contributed by atoms with Crippen LogP contribution in [0.25, 0.3) is 10.9 Å². The molecule has 1 N–H and O–H groups in total. The van der Waals surface area contributed by atoms with Gasteiger partial charge >= 0.3 is 0 Å². The topological polar surface area (TPSA) is 68.1 Å². The van der Waals surface area contributed by atoms with Crippen molar-refractivity contribution >= 4 is 22.5 Å². The number of benzene rings is 1. The molecule has 3 aromatic heterocycles. The molecule has 7 nitrogen and oxygen atoms in total. The van der Waals surface area contributed by atoms with Crippen molar-refractivity contribution in [2.75, 3.05) is 19.0 Å². The summed E-state index contributed by atoms with van der Waals surface area (Å²) >= 11 is 0. The van der Waals surface area contributed by atoms with E-state index in [0.717, 1.165) is 49.0 Å². The van der Waals surface area contributed by atoms with Crippen molar-refractivity contribution in [2.24, 2.45) is 0 Å². The summed E-state index contributed by atoms with van der Waals surface area (Å²) in [6.45, 7) is 6.36. The number of pyridine rings is 1. The van der Waals surface area contributed by atoms with Crippen molar-refractivity contribution in [1.82, 2.24) is 24.4 Å². The predicted octanol–water partition coefficient (Wildman–Crippen LogP) is 5.50. The maximum Gasteiger partial charge on any atom is 0.150 e. The molecule has 33 heavy (non-hydrogen) atoms. The average molecular weight is 443 g/mol. The Balaban J connectivity index is 1.42. The van der Waals surface area contributed by atoms with Gasteiger partial charge in [-0.2, -0.15) is 0 Å². The van der Waals surface area contributed by atoms with Crippen LogP contribution in [-0.2, 0) is 6.54 Å². The van der Waals surface area contributed by atoms with E-state index in [1.807, 2.05) is 30.5 Å². The zero-order valence-corrected chi connectivity index (χ0v) is 19.4. The number of ether oxygens (including phenoxy) is 1. The van der Waals surface area contributed by atoms with Crippen LogP contribution in [0.15, 0.2) is 61.2 Å². The lowest BCUT2D eigenvalue weighted by Crippen LogP contribution is -2.23. The van der Waals surface area contributed by atoms with E-state index in [9.17, 15) is 0 Å². The van der Waals surface area contributed by atoms with Crippen molar-refractivity contribution < 1.29 is 4.74 Å². The SMILES string of the molecule is COc1ccc2c(c1)c(CN1CCCC1c1cncc(Nc3ccccn3)n1)cn2C(C)C. The Hall–Kier alpha value is -3.45. The molecule has 0 saturated carbocycles. The molecular weight excluding hydrogens is 412 g/mol. The highest BCUT2D eigenvalue weighted by Gasteiger charge is 2.28. The number of hydrogen-bond acceptors (Lipinski definition) is 6. The summed E-state index contributed by atoms with van der Waals surface area (Å²) in [6, 6.07) is 12.8. The summed E-state index contributed by atoms with van der Waals surface area (Å²) in [5, 5.41) is 4.52. The van der Waals surface area contributed by atoms with Crippen LogP contribution in [0.2, 0.25) is 0 Å². The molecule has 5 rings (SSSR count). The summed E-state index contributed by atoms with van der Waals surface area (Å²) in [5.41, 5.74) is 3.57. The Labute approximate surface area is 194 Å². The van der Waals surface area contributed by atoms with Gasteiger partial charge in [-0.3, -0.25) is 9.88 Å². The van der Waals surface area contributed by atoms with Crippen LogP contribution in [0.5, 0.6) is 5.75 Å². The van der Waals surface area contributed by atoms with Gasteiger partial charge < -0.3 is 14.6 Å². The van der Waals surface area contributed by atoms with Crippen molar-refractivity contribution in [2.45, 2.75) is 45.3 Å². The minimum atomic E-state index is 0.242. The van der Waals surface area contributed by atoms with Gasteiger partial charge in [0.25, 0.3) is 0 Å². The first-order valence-electron chi connectivity index (χ1n) is 11.5. The van der Waals surface area contributed by atoms with Gasteiger partial charge in [0.2, 0.25) is 0 Å². The van der Waals surface area contributed by atoms with E-state index in [-0.39, 0.29) is 6.04 Å². The Morgan fingerprint density at radius 2 is 2.06 bits per heavy atom. The van der Waals surface area contributed by atoms with Crippen molar-refractivity contribution in [3.05, 3.63) is 72.4 Å². The van der Waals surface area contributed by atoms with E-state index >= 15 is 0 Å². The molecule has 0 bridgehead atoms. The number of methoxy groups -OCH3 is 1. The molecule has 1 atom stereocenters. The van der Waals surface area contributed by atoms with Crippen molar-refractivity contribution in [1.29, 1.82) is 0 Å². The lowest BCUT2D eigenvalue weighted by molar-refractivity contribution is 0.245. The first-order chi connectivity index (χ1) is 16.1. The van der Waals surface area contributed by atoms with Crippen LogP contribution in [0.4, 0.5) is 11.6 Å². The molecule has 1 aromatic carbocycles. The minimum Gasteiger partial charge on any atom is -0.497 e. The predicted molar refractivity (Wildman–Crippen MR) is 131 cm³/mol. The third kappa shape index (κ3) is 4.41. The number of nitrogens with one attached hydrogen (secondary N) is 1. The molecular formula is C26H30N6O. The zero-order valence-electron chi connectivity index (χ0n) is 19.4. The molecule has 0 spiro atoms. The lowest BCUT2D eigenvalue weighted by atomic mass is 10.1. The van der Waals surface area contributed by atoms with Gasteiger partial charge in [0, 0.05) is 35.9 Å². The fourth-order valence-corrected chi connectivity index (χ4v) is 4.72. The van der Waals surface area contributed by atoms with E-state index in [4.69, 9.17) is 9.72 Å². The highest BCUT2D eigenvalue weighted by molar-refractivity contribution is 5.85. The van der Waals surface area contributed by atoms with E-state index < -0.39 is 0 Å². The standard InChI is InChI=1S/C26H30N6O/c1-18(2)32-17-19(21-13-20(33-3)9-10-23(21)32)16-31-12-6-7-24(31)22-14-27-15-26(29-22)30-25-8-4-5-11-28-25/h4-5,8-11,13-15,17-18,24H,6-7,12,16H2,1-3H3,(H,28,29,30). The second kappa shape index (κ2) is 9.19. The molecule has 1 fully saturated rings. The molecule has 0 amide bonds. The number of anilines is 2. The molecule has 4 heterocycles. The maximum absolute atomic E-state index is 5.52. The molecule has 4 aromatic rings. The molecule has 1 unspecified atom stereocenters. The van der Waals surface area contributed by atoms with Gasteiger partial charge in [-0.15, -0.1) is 0 Å². The van der Waals surface area contributed by atoms with Crippen LogP contribution >= 0.6 is 0 Å². The number of fused-ring (bicyclic) bond motifs is 1. The normalized spacial score (nSPS) is 16.5. The van der Waals surface area contributed by atoms with Crippen molar-refractivity contribution in [3.8, 4) is 5.75 Å². The zero-order chi connectivity index (χ0) is 22.8. The van der Waals surface area contributed by atoms with Gasteiger partial charge in [0.1, 0.15) is 17.4 Å². The monoisotopic (exact) mass is 442 g/mol. The van der Waals surface area contributed by atoms with Gasteiger partial charge in [-0.05, 0) is 69.1 Å². The van der Waals surface area contributed by atoms with Gasteiger partial charge in [0.15, 0.2) is 0 Å². The summed E-state index contributed by atoms with van der Waals surface area (Å²) < 4.78 is 7.87. The Kier molecular flexibility index (Phi) is 5.96. The maximum atomic E-state index is 5.52. The second-order valence-corrected chi connectivity index (χ2v) is 8.84. The number of nitrogens with zero attached hydrogens (tertiary/aromatic N) is 5. The third-order valence-electron chi connectivity index (χ3n) is 6.33. The second-order valence-electron chi connectivity index (χ2n) is 8.84. The highest BCUT2D eigenvalue weighted by atomic mass is 16.5. The molecule has 7 heteroatoms. The van der Waals surface area contributed by atoms with Crippen LogP contribution < -0.4 is 10.1 Å². The highest BCUT2D eigenvalue weighted by Crippen LogP contribution is 2.35. The van der Waals surface area contributed by atoms with Crippen LogP contribution in [0.3, 0.4) is 0 Å². The lowest BCUT2D eigenvalue weighted by Gasteiger charge is -2.24. The van der Waals surface area contributed by atoms with E-state index in [1.54, 1.807) is 19.5 Å². The summed E-state index contributed by atoms with van der Waals surface area (Å²) in [4.78, 5) is 16.2. The Morgan fingerprint density at radius 1 is 1.15 bits per heavy atom. The number of aromatic nitrogens is 4. The molecule has 170 valence electrons. The molecule has 1 saturated heterocycles. The van der Waals surface area contributed by atoms with Crippen LogP contribution in [0, 0.1) is 0 Å². The summed E-state index contributed by atoms with van der Waals surface area (Å²) in [5.74, 6) is 2.38. The van der Waals surface area contributed by atoms with Crippen LogP contribution in [-0.4, -0.2) is 38.1 Å². The minimum absolute atomic E-state index is 0.242. The largest absolute Gasteiger partial charge is 0.497 e. The number of rotatable bonds is 7. The summed E-state index contributed by atoms with van der Waals surface area (Å²) in [6.07, 6.45) is 9.94. The smallest absolute Gasteiger partial charge is 0.150 e. The number of likely N-dealkylation sites (tertiary alicyclic amines) is 1. The summed E-state index contributed by atoms with van der Waals surface area (Å²) in [7, 11) is 1.72. The van der Waals surface area contributed by atoms with Crippen molar-refractivity contribution in [3.63, 3.8) is 0 Å². The van der Waals surface area contributed by atoms with E-state index in [1.165, 1.54) is 16.5 Å². The molecule has 0 radical (unpaired) electrons. The van der Waals surface area contributed by atoms with E-state index in [2.05, 4.69) is 56.9 Å². The molecule has 1 aliphatic rings. The third-order valence-corrected chi connectivity index (χ3v) is 6.33. The molecule has 0 aliphatic carbocycles. The fourth-order valence-electron chi connectivity index (χ4n) is 4.72. The fraction of sp³-hybridized carbons (Fsp3) is 0.346. The number of hydrogen-bond donors (Lipinski definition) is 1. The quantitative estimate of drug-likeness (QED) is 0.408. The van der Waals surface area contributed by atoms with E-state index in [0.29, 0.717) is 6.04 Å².